The Morgan fingerprint density at radius 2 is 1.84 bits per heavy atom. The summed E-state index contributed by atoms with van der Waals surface area (Å²) in [5, 5.41) is 0.903. The smallest absolute Gasteiger partial charge is 0.105 e. The SMILES string of the molecule is BC1CCCCCCC2C(CC)=C(C(C)C)SC2C1. The molecule has 3 atom stereocenters. The van der Waals surface area contributed by atoms with E-state index in [4.69, 9.17) is 0 Å². The van der Waals surface area contributed by atoms with Gasteiger partial charge < -0.3 is 0 Å². The highest BCUT2D eigenvalue weighted by molar-refractivity contribution is 8.04. The van der Waals surface area contributed by atoms with Crippen LogP contribution in [0.2, 0.25) is 5.82 Å². The Morgan fingerprint density at radius 1 is 1.16 bits per heavy atom. The molecule has 0 amide bonds. The third kappa shape index (κ3) is 3.83. The van der Waals surface area contributed by atoms with Crippen LogP contribution in [0.1, 0.15) is 72.1 Å². The Balaban J connectivity index is 2.15. The molecule has 2 rings (SSSR count). The molecule has 1 aliphatic carbocycles. The predicted molar refractivity (Wildman–Crippen MR) is 91.6 cm³/mol. The van der Waals surface area contributed by atoms with Crippen molar-refractivity contribution in [2.24, 2.45) is 11.8 Å². The van der Waals surface area contributed by atoms with Gasteiger partial charge in [-0.1, -0.05) is 64.3 Å². The zero-order chi connectivity index (χ0) is 13.8. The summed E-state index contributed by atoms with van der Waals surface area (Å²) in [5.41, 5.74) is 1.83. The summed E-state index contributed by atoms with van der Waals surface area (Å²) in [6.45, 7) is 7.15. The van der Waals surface area contributed by atoms with Crippen LogP contribution in [0.3, 0.4) is 0 Å². The summed E-state index contributed by atoms with van der Waals surface area (Å²) >= 11 is 2.26. The maximum Gasteiger partial charge on any atom is 0.105 e. The van der Waals surface area contributed by atoms with E-state index in [0.29, 0.717) is 0 Å². The summed E-state index contributed by atoms with van der Waals surface area (Å²) < 4.78 is 0. The molecule has 0 aromatic heterocycles. The number of fused-ring (bicyclic) bond motifs is 1. The highest BCUT2D eigenvalue weighted by Gasteiger charge is 2.35. The van der Waals surface area contributed by atoms with E-state index in [0.717, 1.165) is 22.9 Å². The Bertz CT molecular complexity index is 321. The Morgan fingerprint density at radius 3 is 2.47 bits per heavy atom. The van der Waals surface area contributed by atoms with Gasteiger partial charge >= 0.3 is 0 Å². The monoisotopic (exact) mass is 278 g/mol. The van der Waals surface area contributed by atoms with E-state index in [1.54, 1.807) is 4.91 Å². The molecule has 0 saturated heterocycles. The summed E-state index contributed by atoms with van der Waals surface area (Å²) in [4.78, 5) is 1.75. The predicted octanol–water partition coefficient (Wildman–Crippen LogP) is 5.20. The zero-order valence-corrected chi connectivity index (χ0v) is 14.2. The fourth-order valence-corrected chi connectivity index (χ4v) is 5.90. The molecule has 0 spiro atoms. The van der Waals surface area contributed by atoms with E-state index in [9.17, 15) is 0 Å². The van der Waals surface area contributed by atoms with E-state index >= 15 is 0 Å². The first kappa shape index (κ1) is 15.5. The van der Waals surface area contributed by atoms with Crippen LogP contribution in [0, 0.1) is 11.8 Å². The van der Waals surface area contributed by atoms with Gasteiger partial charge in [-0.2, -0.15) is 0 Å². The Labute approximate surface area is 125 Å². The van der Waals surface area contributed by atoms with Crippen molar-refractivity contribution in [2.75, 3.05) is 0 Å². The fourth-order valence-electron chi connectivity index (χ4n) is 3.97. The first-order valence-corrected chi connectivity index (χ1v) is 9.41. The molecule has 0 aromatic rings. The lowest BCUT2D eigenvalue weighted by Gasteiger charge is -2.26. The maximum absolute atomic E-state index is 2.48. The lowest BCUT2D eigenvalue weighted by molar-refractivity contribution is 0.438. The molecular formula is C17H31BS. The second-order valence-electron chi connectivity index (χ2n) is 6.99. The summed E-state index contributed by atoms with van der Waals surface area (Å²) in [7, 11) is 2.48. The van der Waals surface area contributed by atoms with Gasteiger partial charge in [0.05, 0.1) is 0 Å². The second-order valence-corrected chi connectivity index (χ2v) is 8.27. The third-order valence-electron chi connectivity index (χ3n) is 4.99. The van der Waals surface area contributed by atoms with E-state index in [1.165, 1.54) is 51.4 Å². The van der Waals surface area contributed by atoms with E-state index in [2.05, 4.69) is 40.4 Å². The minimum Gasteiger partial charge on any atom is -0.126 e. The highest BCUT2D eigenvalue weighted by Crippen LogP contribution is 2.51. The first-order chi connectivity index (χ1) is 9.13. The molecule has 0 aromatic carbocycles. The Hall–Kier alpha value is 0.155. The maximum atomic E-state index is 2.48. The van der Waals surface area contributed by atoms with Gasteiger partial charge in [0.1, 0.15) is 7.85 Å². The van der Waals surface area contributed by atoms with Crippen LogP contribution in [0.4, 0.5) is 0 Å². The summed E-state index contributed by atoms with van der Waals surface area (Å²) in [6.07, 6.45) is 11.5. The van der Waals surface area contributed by atoms with Crippen molar-refractivity contribution in [3.63, 3.8) is 0 Å². The number of rotatable bonds is 2. The highest BCUT2D eigenvalue weighted by atomic mass is 32.2. The van der Waals surface area contributed by atoms with Gasteiger partial charge in [-0.25, -0.2) is 0 Å². The Kier molecular flexibility index (Phi) is 5.93. The van der Waals surface area contributed by atoms with Gasteiger partial charge in [-0.3, -0.25) is 0 Å². The molecule has 0 radical (unpaired) electrons. The molecule has 2 aliphatic rings. The molecule has 3 unspecified atom stereocenters. The molecule has 2 heteroatoms. The third-order valence-corrected chi connectivity index (χ3v) is 6.80. The number of thioether (sulfide) groups is 1. The van der Waals surface area contributed by atoms with Gasteiger partial charge in [0.15, 0.2) is 0 Å². The quantitative estimate of drug-likeness (QED) is 0.625. The van der Waals surface area contributed by atoms with Crippen LogP contribution in [0.15, 0.2) is 10.5 Å². The van der Waals surface area contributed by atoms with E-state index in [-0.39, 0.29) is 0 Å². The molecule has 1 aliphatic heterocycles. The van der Waals surface area contributed by atoms with E-state index in [1.807, 2.05) is 5.57 Å². The molecule has 0 bridgehead atoms. The average Bonchev–Trinajstić information content (AvgIpc) is 2.72. The zero-order valence-electron chi connectivity index (χ0n) is 13.4. The lowest BCUT2D eigenvalue weighted by atomic mass is 9.74. The fraction of sp³-hybridized carbons (Fsp3) is 0.882. The van der Waals surface area contributed by atoms with Crippen LogP contribution in [-0.4, -0.2) is 13.1 Å². The second kappa shape index (κ2) is 7.25. The summed E-state index contributed by atoms with van der Waals surface area (Å²) in [6, 6.07) is 0. The van der Waals surface area contributed by atoms with Crippen LogP contribution in [0.5, 0.6) is 0 Å². The summed E-state index contributed by atoms with van der Waals surface area (Å²) in [5.74, 6) is 2.59. The van der Waals surface area contributed by atoms with Crippen LogP contribution in [-0.2, 0) is 0 Å². The molecule has 1 saturated carbocycles. The molecule has 19 heavy (non-hydrogen) atoms. The van der Waals surface area contributed by atoms with Crippen LogP contribution >= 0.6 is 11.8 Å². The molecule has 0 N–H and O–H groups in total. The van der Waals surface area contributed by atoms with Crippen LogP contribution in [0.25, 0.3) is 0 Å². The minimum absolute atomic E-state index is 0.743. The van der Waals surface area contributed by atoms with Gasteiger partial charge in [0.2, 0.25) is 0 Å². The van der Waals surface area contributed by atoms with Gasteiger partial charge in [-0.05, 0) is 36.0 Å². The normalized spacial score (nSPS) is 33.6. The van der Waals surface area contributed by atoms with Crippen molar-refractivity contribution in [3.8, 4) is 0 Å². The number of allylic oxidation sites excluding steroid dienone is 2. The van der Waals surface area contributed by atoms with Gasteiger partial charge in [-0.15, -0.1) is 11.8 Å². The largest absolute Gasteiger partial charge is 0.126 e. The van der Waals surface area contributed by atoms with Crippen molar-refractivity contribution >= 4 is 19.6 Å². The number of hydrogen-bond acceptors (Lipinski definition) is 1. The average molecular weight is 278 g/mol. The molecule has 108 valence electrons. The molecule has 1 fully saturated rings. The van der Waals surface area contributed by atoms with Crippen molar-refractivity contribution in [3.05, 3.63) is 10.5 Å². The van der Waals surface area contributed by atoms with Crippen molar-refractivity contribution in [1.29, 1.82) is 0 Å². The minimum atomic E-state index is 0.743. The standard InChI is InChI=1S/C17H31BS/c1-4-14-15-10-8-6-5-7-9-13(18)11-16(15)19-17(14)12(2)3/h12-13,15-16H,4-11,18H2,1-3H3. The molecule has 1 heterocycles. The lowest BCUT2D eigenvalue weighted by Crippen LogP contribution is -2.18. The molecule has 0 nitrogen and oxygen atoms in total. The van der Waals surface area contributed by atoms with Crippen molar-refractivity contribution in [1.82, 2.24) is 0 Å². The topological polar surface area (TPSA) is 0 Å². The number of hydrogen-bond donors (Lipinski definition) is 0. The van der Waals surface area contributed by atoms with Gasteiger partial charge in [0.25, 0.3) is 0 Å². The molecular weight excluding hydrogens is 247 g/mol. The first-order valence-electron chi connectivity index (χ1n) is 8.53. The van der Waals surface area contributed by atoms with Gasteiger partial charge in [0, 0.05) is 5.25 Å². The van der Waals surface area contributed by atoms with Crippen LogP contribution < -0.4 is 0 Å². The van der Waals surface area contributed by atoms with Crippen molar-refractivity contribution in [2.45, 2.75) is 83.2 Å². The van der Waals surface area contributed by atoms with Crippen molar-refractivity contribution < 1.29 is 0 Å². The van der Waals surface area contributed by atoms with E-state index < -0.39 is 0 Å².